The number of aliphatic hydroxyl groups excluding tert-OH is 6. The summed E-state index contributed by atoms with van der Waals surface area (Å²) in [6.07, 6.45) is 1.48. The molecule has 15 heteroatoms. The Balaban J connectivity index is 2.12. The molecule has 15 nitrogen and oxygen atoms in total. The number of rotatable bonds is 35. The van der Waals surface area contributed by atoms with Crippen molar-refractivity contribution in [3.05, 3.63) is 48.0 Å². The zero-order valence-electron chi connectivity index (χ0n) is 33.7. The van der Waals surface area contributed by atoms with Gasteiger partial charge in [0.1, 0.15) is 12.2 Å². The minimum Gasteiger partial charge on any atom is -0.460 e. The van der Waals surface area contributed by atoms with Crippen molar-refractivity contribution in [3.63, 3.8) is 0 Å². The van der Waals surface area contributed by atoms with Gasteiger partial charge in [0.15, 0.2) is 0 Å². The van der Waals surface area contributed by atoms with E-state index in [4.69, 9.17) is 37.9 Å². The Morgan fingerprint density at radius 2 is 0.893 bits per heavy atom. The molecule has 56 heavy (non-hydrogen) atoms. The van der Waals surface area contributed by atoms with E-state index in [0.717, 1.165) is 10.8 Å². The lowest BCUT2D eigenvalue weighted by Crippen LogP contribution is -2.44. The summed E-state index contributed by atoms with van der Waals surface area (Å²) in [7, 11) is 0. The number of benzene rings is 2. The zero-order chi connectivity index (χ0) is 41.2. The van der Waals surface area contributed by atoms with Crippen LogP contribution in [-0.4, -0.2) is 174 Å². The quantitative estimate of drug-likeness (QED) is 0.0435. The summed E-state index contributed by atoms with van der Waals surface area (Å²) in [5.41, 5.74) is -3.00. The minimum absolute atomic E-state index is 0.0125. The highest BCUT2D eigenvalue weighted by atomic mass is 16.6. The van der Waals surface area contributed by atoms with Gasteiger partial charge in [-0.2, -0.15) is 0 Å². The molecule has 6 N–H and O–H groups in total. The molecule has 0 saturated heterocycles. The smallest absolute Gasteiger partial charge is 0.338 e. The summed E-state index contributed by atoms with van der Waals surface area (Å²) in [6.45, 7) is 5.74. The van der Waals surface area contributed by atoms with E-state index in [1.54, 1.807) is 12.1 Å². The molecule has 0 fully saturated rings. The first-order valence-electron chi connectivity index (χ1n) is 19.5. The molecule has 0 unspecified atom stereocenters. The fourth-order valence-electron chi connectivity index (χ4n) is 5.61. The average molecular weight is 801 g/mol. The van der Waals surface area contributed by atoms with Crippen LogP contribution >= 0.6 is 0 Å². The average Bonchev–Trinajstić information content (AvgIpc) is 3.24. The molecule has 0 spiro atoms. The first-order chi connectivity index (χ1) is 27.1. The summed E-state index contributed by atoms with van der Waals surface area (Å²) in [5.74, 6) is -0.468. The first-order valence-corrected chi connectivity index (χ1v) is 19.5. The van der Waals surface area contributed by atoms with E-state index in [0.29, 0.717) is 24.8 Å². The normalized spacial score (nSPS) is 12.8. The number of hydrogen-bond donors (Lipinski definition) is 6. The van der Waals surface area contributed by atoms with E-state index in [1.807, 2.05) is 51.1 Å². The maximum Gasteiger partial charge on any atom is 0.338 e. The molecule has 0 amide bonds. The molecule has 2 rings (SSSR count). The van der Waals surface area contributed by atoms with Gasteiger partial charge in [-0.15, -0.1) is 0 Å². The van der Waals surface area contributed by atoms with Gasteiger partial charge < -0.3 is 68.5 Å². The highest BCUT2D eigenvalue weighted by Crippen LogP contribution is 2.24. The monoisotopic (exact) mass is 800 g/mol. The standard InChI is InChI=1S/C41H68O15/c1-4-38(22-42,23-43)28-49-14-16-51-30-40(33-54-19-21-56-41(6-3,26-46)27-47,31-52-17-15-50-29-39(5-2,24-44)25-45)32-53-18-20-55-37(48)36-13-9-11-34-10-7-8-12-35(34)36/h7-13,42-47H,4-6,14-33H2,1-3H3. The number of carbonyl (C=O) groups excluding carboxylic acids is 1. The van der Waals surface area contributed by atoms with Crippen molar-refractivity contribution < 1.29 is 73.3 Å². The Morgan fingerprint density at radius 1 is 0.482 bits per heavy atom. The molecule has 322 valence electrons. The van der Waals surface area contributed by atoms with Crippen LogP contribution in [0.2, 0.25) is 0 Å². The van der Waals surface area contributed by atoms with Crippen molar-refractivity contribution in [1.29, 1.82) is 0 Å². The van der Waals surface area contributed by atoms with Crippen molar-refractivity contribution in [1.82, 2.24) is 0 Å². The topological polar surface area (TPSA) is 212 Å². The number of fused-ring (bicyclic) bond motifs is 1. The van der Waals surface area contributed by atoms with Gasteiger partial charge in [0.05, 0.1) is 137 Å². The predicted octanol–water partition coefficient (Wildman–Crippen LogP) is 1.99. The summed E-state index contributed by atoms with van der Waals surface area (Å²) in [6, 6.07) is 13.0. The number of ether oxygens (including phenoxy) is 8. The second-order valence-corrected chi connectivity index (χ2v) is 14.5. The third-order valence-electron chi connectivity index (χ3n) is 10.4. The summed E-state index contributed by atoms with van der Waals surface area (Å²) in [4.78, 5) is 13.0. The van der Waals surface area contributed by atoms with Crippen LogP contribution in [0, 0.1) is 16.2 Å². The number of esters is 1. The summed E-state index contributed by atoms with van der Waals surface area (Å²) >= 11 is 0. The Kier molecular flexibility index (Phi) is 24.3. The molecule has 0 heterocycles. The highest BCUT2D eigenvalue weighted by Gasteiger charge is 2.34. The summed E-state index contributed by atoms with van der Waals surface area (Å²) in [5, 5.41) is 60.3. The first kappa shape index (κ1) is 49.8. The lowest BCUT2D eigenvalue weighted by atomic mass is 9.88. The molecule has 0 radical (unpaired) electrons. The number of aliphatic hydroxyl groups is 6. The van der Waals surface area contributed by atoms with Gasteiger partial charge in [-0.3, -0.25) is 0 Å². The predicted molar refractivity (Wildman–Crippen MR) is 209 cm³/mol. The van der Waals surface area contributed by atoms with E-state index >= 15 is 0 Å². The van der Waals surface area contributed by atoms with Gasteiger partial charge in [0, 0.05) is 10.8 Å². The zero-order valence-corrected chi connectivity index (χ0v) is 33.7. The maximum atomic E-state index is 13.0. The minimum atomic E-state index is -1.08. The van der Waals surface area contributed by atoms with Crippen molar-refractivity contribution in [2.45, 2.75) is 45.6 Å². The van der Waals surface area contributed by atoms with E-state index < -0.39 is 27.8 Å². The highest BCUT2D eigenvalue weighted by molar-refractivity contribution is 6.04. The van der Waals surface area contributed by atoms with Gasteiger partial charge in [-0.1, -0.05) is 57.2 Å². The molecular weight excluding hydrogens is 732 g/mol. The fraction of sp³-hybridized carbons (Fsp3) is 0.732. The van der Waals surface area contributed by atoms with Crippen LogP contribution in [0.3, 0.4) is 0 Å². The van der Waals surface area contributed by atoms with Gasteiger partial charge in [-0.25, -0.2) is 4.79 Å². The SMILES string of the molecule is CCC(CO)(CO)COCCOCC(COCCOCC(CC)(CO)CO)(COCCOC(=O)c1cccc2ccccc12)COCCOC(CC)(CO)CO. The molecule has 2 aromatic rings. The van der Waals surface area contributed by atoms with Gasteiger partial charge >= 0.3 is 5.97 Å². The molecule has 0 atom stereocenters. The Bertz CT molecular complexity index is 1250. The number of carbonyl (C=O) groups is 1. The Hall–Kier alpha value is -2.35. The fourth-order valence-corrected chi connectivity index (χ4v) is 5.61. The molecule has 0 aliphatic carbocycles. The van der Waals surface area contributed by atoms with Crippen molar-refractivity contribution in [2.24, 2.45) is 16.2 Å². The lowest BCUT2D eigenvalue weighted by Gasteiger charge is -2.34. The van der Waals surface area contributed by atoms with Crippen LogP contribution in [0.4, 0.5) is 0 Å². The van der Waals surface area contributed by atoms with E-state index in [-0.39, 0.29) is 132 Å². The van der Waals surface area contributed by atoms with Crippen molar-refractivity contribution in [2.75, 3.05) is 132 Å². The molecule has 0 saturated carbocycles. The summed E-state index contributed by atoms with van der Waals surface area (Å²) < 4.78 is 47.1. The van der Waals surface area contributed by atoms with Gasteiger partial charge in [-0.05, 0) is 36.1 Å². The van der Waals surface area contributed by atoms with Crippen molar-refractivity contribution >= 4 is 16.7 Å². The molecular formula is C41H68O15. The molecule has 0 aliphatic rings. The second kappa shape index (κ2) is 27.4. The number of hydrogen-bond acceptors (Lipinski definition) is 15. The lowest BCUT2D eigenvalue weighted by molar-refractivity contribution is -0.142. The molecule has 0 bridgehead atoms. The van der Waals surface area contributed by atoms with Crippen LogP contribution in [-0.2, 0) is 37.9 Å². The van der Waals surface area contributed by atoms with Gasteiger partial charge in [0.25, 0.3) is 0 Å². The van der Waals surface area contributed by atoms with Crippen LogP contribution in [0.1, 0.15) is 50.4 Å². The third kappa shape index (κ3) is 16.1. The largest absolute Gasteiger partial charge is 0.460 e. The van der Waals surface area contributed by atoms with Gasteiger partial charge in [0.2, 0.25) is 0 Å². The Labute approximate surface area is 331 Å². The van der Waals surface area contributed by atoms with Crippen LogP contribution in [0.5, 0.6) is 0 Å². The van der Waals surface area contributed by atoms with E-state index in [2.05, 4.69) is 0 Å². The molecule has 2 aromatic carbocycles. The van der Waals surface area contributed by atoms with Crippen LogP contribution < -0.4 is 0 Å². The Morgan fingerprint density at radius 3 is 1.32 bits per heavy atom. The van der Waals surface area contributed by atoms with E-state index in [9.17, 15) is 35.4 Å². The second-order valence-electron chi connectivity index (χ2n) is 14.5. The maximum absolute atomic E-state index is 13.0. The molecule has 0 aliphatic heterocycles. The van der Waals surface area contributed by atoms with Crippen LogP contribution in [0.15, 0.2) is 42.5 Å². The van der Waals surface area contributed by atoms with Crippen LogP contribution in [0.25, 0.3) is 10.8 Å². The third-order valence-corrected chi connectivity index (χ3v) is 10.4. The molecule has 0 aromatic heterocycles. The van der Waals surface area contributed by atoms with Crippen molar-refractivity contribution in [3.8, 4) is 0 Å². The van der Waals surface area contributed by atoms with E-state index in [1.165, 1.54) is 0 Å².